The van der Waals surface area contributed by atoms with Crippen LogP contribution >= 0.6 is 0 Å². The molecule has 2 aromatic carbocycles. The summed E-state index contributed by atoms with van der Waals surface area (Å²) in [6.45, 7) is 0. The van der Waals surface area contributed by atoms with Crippen molar-refractivity contribution in [3.63, 3.8) is 0 Å². The van der Waals surface area contributed by atoms with Crippen LogP contribution in [-0.2, 0) is 0 Å². The number of para-hydroxylation sites is 1. The second kappa shape index (κ2) is 4.29. The lowest BCUT2D eigenvalue weighted by molar-refractivity contribution is 0.0962. The highest BCUT2D eigenvalue weighted by Crippen LogP contribution is 2.36. The molecule has 0 spiro atoms. The van der Waals surface area contributed by atoms with E-state index in [1.807, 2.05) is 0 Å². The Kier molecular flexibility index (Phi) is 2.33. The van der Waals surface area contributed by atoms with E-state index in [0.717, 1.165) is 0 Å². The van der Waals surface area contributed by atoms with Crippen LogP contribution < -0.4 is 5.63 Å². The van der Waals surface area contributed by atoms with Crippen molar-refractivity contribution in [2.75, 3.05) is 0 Å². The SMILES string of the molecule is O=C1c2ccccc2C(=O)c2c1oc1c2c(=O)oc2ccccc21. The topological polar surface area (TPSA) is 77.5 Å². The number of carbonyl (C=O) groups is 2. The van der Waals surface area contributed by atoms with Gasteiger partial charge in [0.05, 0.1) is 10.9 Å². The normalized spacial score (nSPS) is 13.3. The highest BCUT2D eigenvalue weighted by atomic mass is 16.4. The summed E-state index contributed by atoms with van der Waals surface area (Å²) in [6, 6.07) is 13.4. The number of ketones is 2. The molecule has 1 aliphatic rings. The molecular formula is C19H8O5. The average molecular weight is 316 g/mol. The first-order valence-electron chi connectivity index (χ1n) is 7.33. The quantitative estimate of drug-likeness (QED) is 0.410. The maximum atomic E-state index is 12.8. The van der Waals surface area contributed by atoms with Crippen molar-refractivity contribution < 1.29 is 18.4 Å². The van der Waals surface area contributed by atoms with E-state index in [2.05, 4.69) is 0 Å². The third kappa shape index (κ3) is 1.46. The van der Waals surface area contributed by atoms with Crippen LogP contribution in [0.25, 0.3) is 21.9 Å². The summed E-state index contributed by atoms with van der Waals surface area (Å²) >= 11 is 0. The van der Waals surface area contributed by atoms with E-state index in [1.165, 1.54) is 0 Å². The zero-order chi connectivity index (χ0) is 16.4. The van der Waals surface area contributed by atoms with Gasteiger partial charge in [-0.25, -0.2) is 4.79 Å². The molecule has 0 fully saturated rings. The van der Waals surface area contributed by atoms with Crippen molar-refractivity contribution in [2.45, 2.75) is 0 Å². The molecule has 0 bridgehead atoms. The molecule has 0 saturated carbocycles. The van der Waals surface area contributed by atoms with Crippen molar-refractivity contribution in [1.82, 2.24) is 0 Å². The zero-order valence-electron chi connectivity index (χ0n) is 12.2. The molecule has 0 atom stereocenters. The van der Waals surface area contributed by atoms with Gasteiger partial charge in [-0.05, 0) is 12.1 Å². The van der Waals surface area contributed by atoms with Gasteiger partial charge in [-0.15, -0.1) is 0 Å². The van der Waals surface area contributed by atoms with Gasteiger partial charge in [-0.3, -0.25) is 9.59 Å². The van der Waals surface area contributed by atoms with E-state index in [4.69, 9.17) is 8.83 Å². The van der Waals surface area contributed by atoms with Crippen LogP contribution in [0.2, 0.25) is 0 Å². The lowest BCUT2D eigenvalue weighted by Crippen LogP contribution is -2.20. The first-order chi connectivity index (χ1) is 11.7. The van der Waals surface area contributed by atoms with Gasteiger partial charge in [0.15, 0.2) is 17.1 Å². The second-order valence-electron chi connectivity index (χ2n) is 5.60. The minimum absolute atomic E-state index is 0.00629. The Hall–Kier alpha value is -3.47. The van der Waals surface area contributed by atoms with E-state index in [-0.39, 0.29) is 33.4 Å². The zero-order valence-corrected chi connectivity index (χ0v) is 12.2. The minimum atomic E-state index is -0.686. The number of fused-ring (bicyclic) bond motifs is 6. The Labute approximate surface area is 134 Å². The Bertz CT molecular complexity index is 1260. The predicted molar refractivity (Wildman–Crippen MR) is 85.6 cm³/mol. The van der Waals surface area contributed by atoms with Crippen molar-refractivity contribution >= 4 is 33.5 Å². The van der Waals surface area contributed by atoms with Crippen LogP contribution in [0.4, 0.5) is 0 Å². The number of benzene rings is 2. The van der Waals surface area contributed by atoms with Gasteiger partial charge in [0.2, 0.25) is 5.78 Å². The number of furan rings is 1. The fraction of sp³-hybridized carbons (Fsp3) is 0. The summed E-state index contributed by atoms with van der Waals surface area (Å²) in [5.41, 5.74) is 0.412. The molecule has 0 N–H and O–H groups in total. The maximum Gasteiger partial charge on any atom is 0.348 e. The molecule has 5 heteroatoms. The third-order valence-electron chi connectivity index (χ3n) is 4.30. The lowest BCUT2D eigenvalue weighted by atomic mass is 9.87. The van der Waals surface area contributed by atoms with Crippen LogP contribution in [0.3, 0.4) is 0 Å². The van der Waals surface area contributed by atoms with Crippen molar-refractivity contribution in [3.8, 4) is 0 Å². The van der Waals surface area contributed by atoms with Crippen LogP contribution in [0.15, 0.2) is 62.2 Å². The van der Waals surface area contributed by atoms with Gasteiger partial charge in [-0.2, -0.15) is 0 Å². The first kappa shape index (κ1) is 13.0. The summed E-state index contributed by atoms with van der Waals surface area (Å²) in [7, 11) is 0. The number of carbonyl (C=O) groups excluding carboxylic acids is 2. The van der Waals surface area contributed by atoms with Crippen molar-refractivity contribution in [2.24, 2.45) is 0 Å². The van der Waals surface area contributed by atoms with Gasteiger partial charge in [0.25, 0.3) is 0 Å². The Morgan fingerprint density at radius 2 is 1.38 bits per heavy atom. The van der Waals surface area contributed by atoms with Crippen molar-refractivity contribution in [3.05, 3.63) is 81.4 Å². The smallest absolute Gasteiger partial charge is 0.348 e. The summed E-state index contributed by atoms with van der Waals surface area (Å²) < 4.78 is 11.0. The fourth-order valence-corrected chi connectivity index (χ4v) is 3.22. The Morgan fingerprint density at radius 1 is 0.708 bits per heavy atom. The Balaban J connectivity index is 2.00. The standard InChI is InChI=1S/C19H8O5/c20-15-9-5-1-2-6-10(9)16(21)18-13(15)14-17(24-18)11-7-3-4-8-12(11)23-19(14)22/h1-8H. The van der Waals surface area contributed by atoms with Gasteiger partial charge in [-0.1, -0.05) is 36.4 Å². The minimum Gasteiger partial charge on any atom is -0.451 e. The molecule has 2 aromatic heterocycles. The summed E-state index contributed by atoms with van der Waals surface area (Å²) in [6.07, 6.45) is 0. The molecule has 0 saturated heterocycles. The summed E-state index contributed by atoms with van der Waals surface area (Å²) in [5, 5.41) is 0.572. The summed E-state index contributed by atoms with van der Waals surface area (Å²) in [5.74, 6) is -0.904. The first-order valence-corrected chi connectivity index (χ1v) is 7.33. The molecule has 0 unspecified atom stereocenters. The molecular weight excluding hydrogens is 308 g/mol. The predicted octanol–water partition coefficient (Wildman–Crippen LogP) is 3.31. The molecule has 5 rings (SSSR count). The van der Waals surface area contributed by atoms with Crippen molar-refractivity contribution in [1.29, 1.82) is 0 Å². The Morgan fingerprint density at radius 3 is 2.17 bits per heavy atom. The molecule has 1 aliphatic carbocycles. The molecule has 0 radical (unpaired) electrons. The van der Waals surface area contributed by atoms with Crippen LogP contribution in [-0.4, -0.2) is 11.6 Å². The third-order valence-corrected chi connectivity index (χ3v) is 4.30. The number of rotatable bonds is 0. The van der Waals surface area contributed by atoms with E-state index >= 15 is 0 Å². The molecule has 0 amide bonds. The summed E-state index contributed by atoms with van der Waals surface area (Å²) in [4.78, 5) is 37.9. The van der Waals surface area contributed by atoms with Gasteiger partial charge in [0.1, 0.15) is 11.0 Å². The molecule has 0 aliphatic heterocycles. The van der Waals surface area contributed by atoms with E-state index < -0.39 is 17.2 Å². The lowest BCUT2D eigenvalue weighted by Gasteiger charge is -2.12. The fourth-order valence-electron chi connectivity index (χ4n) is 3.22. The van der Waals surface area contributed by atoms with Crippen LogP contribution in [0.5, 0.6) is 0 Å². The second-order valence-corrected chi connectivity index (χ2v) is 5.60. The highest BCUT2D eigenvalue weighted by molar-refractivity contribution is 6.32. The van der Waals surface area contributed by atoms with Gasteiger partial charge < -0.3 is 8.83 Å². The molecule has 114 valence electrons. The molecule has 5 nitrogen and oxygen atoms in total. The van der Waals surface area contributed by atoms with Gasteiger partial charge >= 0.3 is 5.63 Å². The number of hydrogen-bond acceptors (Lipinski definition) is 5. The molecule has 2 heterocycles. The van der Waals surface area contributed by atoms with E-state index in [1.54, 1.807) is 48.5 Å². The largest absolute Gasteiger partial charge is 0.451 e. The molecule has 4 aromatic rings. The highest BCUT2D eigenvalue weighted by Gasteiger charge is 2.36. The average Bonchev–Trinajstić information content (AvgIpc) is 3.02. The van der Waals surface area contributed by atoms with Gasteiger partial charge in [0, 0.05) is 11.1 Å². The molecule has 24 heavy (non-hydrogen) atoms. The monoisotopic (exact) mass is 316 g/mol. The maximum absolute atomic E-state index is 12.8. The number of hydrogen-bond donors (Lipinski definition) is 0. The van der Waals surface area contributed by atoms with Crippen LogP contribution in [0, 0.1) is 0 Å². The van der Waals surface area contributed by atoms with E-state index in [9.17, 15) is 14.4 Å². The van der Waals surface area contributed by atoms with E-state index in [0.29, 0.717) is 11.0 Å². The van der Waals surface area contributed by atoms with Crippen LogP contribution in [0.1, 0.15) is 32.0 Å².